The number of sulfone groups is 1. The van der Waals surface area contributed by atoms with Crippen LogP contribution in [0.2, 0.25) is 0 Å². The van der Waals surface area contributed by atoms with Crippen LogP contribution >= 0.6 is 0 Å². The van der Waals surface area contributed by atoms with Crippen molar-refractivity contribution in [2.75, 3.05) is 6.26 Å². The Morgan fingerprint density at radius 1 is 1.17 bits per heavy atom. The van der Waals surface area contributed by atoms with Crippen molar-refractivity contribution in [2.24, 2.45) is 0 Å². The van der Waals surface area contributed by atoms with E-state index >= 15 is 0 Å². The number of carbonyl (C=O) groups is 1. The molecule has 1 amide bonds. The number of benzene rings is 2. The first kappa shape index (κ1) is 18.1. The van der Waals surface area contributed by atoms with Gasteiger partial charge >= 0.3 is 0 Å². The van der Waals surface area contributed by atoms with Gasteiger partial charge in [0, 0.05) is 12.7 Å². The molecule has 0 saturated heterocycles. The first-order chi connectivity index (χ1) is 11.3. The molecule has 0 aliphatic carbocycles. The third-order valence-electron chi connectivity index (χ3n) is 3.72. The molecule has 0 aliphatic rings. The van der Waals surface area contributed by atoms with E-state index in [0.717, 1.165) is 17.4 Å². The molecule has 0 aromatic heterocycles. The van der Waals surface area contributed by atoms with Crippen molar-refractivity contribution in [1.82, 2.24) is 5.32 Å². The molecule has 2 aromatic rings. The molecule has 1 atom stereocenters. The second-order valence-electron chi connectivity index (χ2n) is 5.76. The fraction of sp³-hybridized carbons (Fsp3) is 0.278. The van der Waals surface area contributed by atoms with Gasteiger partial charge < -0.3 is 5.32 Å². The van der Waals surface area contributed by atoms with Crippen LogP contribution in [0.15, 0.2) is 53.4 Å². The number of rotatable bonds is 6. The molecular formula is C18H20FNO3S. The highest BCUT2D eigenvalue weighted by Crippen LogP contribution is 2.16. The van der Waals surface area contributed by atoms with Crippen LogP contribution in [0.3, 0.4) is 0 Å². The standard InChI is InChI=1S/C18H20FNO3S/c1-13(15-7-9-17(10-8-15)24(2,22)23)20-18(21)11-6-14-4-3-5-16(19)12-14/h3-5,7-10,12-13H,6,11H2,1-2H3,(H,20,21)/t13-/m1/s1. The molecule has 0 unspecified atom stereocenters. The topological polar surface area (TPSA) is 63.2 Å². The Hall–Kier alpha value is -2.21. The molecule has 0 saturated carbocycles. The van der Waals surface area contributed by atoms with Crippen LogP contribution in [0.5, 0.6) is 0 Å². The summed E-state index contributed by atoms with van der Waals surface area (Å²) in [6, 6.07) is 12.4. The highest BCUT2D eigenvalue weighted by molar-refractivity contribution is 7.90. The van der Waals surface area contributed by atoms with Crippen molar-refractivity contribution in [2.45, 2.75) is 30.7 Å². The minimum absolute atomic E-state index is 0.140. The van der Waals surface area contributed by atoms with Gasteiger partial charge in [0.15, 0.2) is 9.84 Å². The van der Waals surface area contributed by atoms with Crippen LogP contribution in [-0.4, -0.2) is 20.6 Å². The van der Waals surface area contributed by atoms with Gasteiger partial charge in [-0.2, -0.15) is 0 Å². The summed E-state index contributed by atoms with van der Waals surface area (Å²) in [6.07, 6.45) is 1.87. The number of amides is 1. The molecule has 128 valence electrons. The molecule has 2 aromatic carbocycles. The SMILES string of the molecule is C[C@@H](NC(=O)CCc1cccc(F)c1)c1ccc(S(C)(=O)=O)cc1. The highest BCUT2D eigenvalue weighted by atomic mass is 32.2. The largest absolute Gasteiger partial charge is 0.350 e. The maximum atomic E-state index is 13.1. The van der Waals surface area contributed by atoms with Crippen molar-refractivity contribution in [3.8, 4) is 0 Å². The molecule has 0 radical (unpaired) electrons. The number of nitrogens with one attached hydrogen (secondary N) is 1. The number of carbonyl (C=O) groups excluding carboxylic acids is 1. The van der Waals surface area contributed by atoms with E-state index in [9.17, 15) is 17.6 Å². The van der Waals surface area contributed by atoms with Gasteiger partial charge in [0.2, 0.25) is 5.91 Å². The number of halogens is 1. The summed E-state index contributed by atoms with van der Waals surface area (Å²) in [4.78, 5) is 12.3. The van der Waals surface area contributed by atoms with Crippen molar-refractivity contribution in [3.63, 3.8) is 0 Å². The van der Waals surface area contributed by atoms with Crippen LogP contribution in [0.1, 0.15) is 30.5 Å². The number of aryl methyl sites for hydroxylation is 1. The molecular weight excluding hydrogens is 329 g/mol. The van der Waals surface area contributed by atoms with E-state index in [1.54, 1.807) is 24.3 Å². The minimum atomic E-state index is -3.23. The maximum Gasteiger partial charge on any atom is 0.220 e. The van der Waals surface area contributed by atoms with Gasteiger partial charge in [-0.05, 0) is 48.7 Å². The molecule has 1 N–H and O–H groups in total. The van der Waals surface area contributed by atoms with E-state index in [2.05, 4.69) is 5.32 Å². The van der Waals surface area contributed by atoms with Gasteiger partial charge in [-0.25, -0.2) is 12.8 Å². The summed E-state index contributed by atoms with van der Waals surface area (Å²) in [5.41, 5.74) is 1.59. The monoisotopic (exact) mass is 349 g/mol. The van der Waals surface area contributed by atoms with Crippen molar-refractivity contribution < 1.29 is 17.6 Å². The molecule has 4 nitrogen and oxygen atoms in total. The minimum Gasteiger partial charge on any atom is -0.350 e. The third kappa shape index (κ3) is 5.16. The molecule has 2 rings (SSSR count). The smallest absolute Gasteiger partial charge is 0.220 e. The summed E-state index contributed by atoms with van der Waals surface area (Å²) in [6.45, 7) is 1.83. The summed E-state index contributed by atoms with van der Waals surface area (Å²) in [5.74, 6) is -0.453. The lowest BCUT2D eigenvalue weighted by molar-refractivity contribution is -0.121. The summed E-state index contributed by atoms with van der Waals surface area (Å²) >= 11 is 0. The van der Waals surface area contributed by atoms with Crippen LogP contribution in [0.25, 0.3) is 0 Å². The summed E-state index contributed by atoms with van der Waals surface area (Å²) in [7, 11) is -3.23. The lowest BCUT2D eigenvalue weighted by atomic mass is 10.1. The zero-order valence-electron chi connectivity index (χ0n) is 13.6. The van der Waals surface area contributed by atoms with Crippen LogP contribution < -0.4 is 5.32 Å². The van der Waals surface area contributed by atoms with Gasteiger partial charge in [-0.1, -0.05) is 24.3 Å². The Labute approximate surface area is 141 Å². The van der Waals surface area contributed by atoms with Crippen LogP contribution in [0, 0.1) is 5.82 Å². The number of hydrogen-bond acceptors (Lipinski definition) is 3. The first-order valence-electron chi connectivity index (χ1n) is 7.59. The Morgan fingerprint density at radius 2 is 1.83 bits per heavy atom. The lowest BCUT2D eigenvalue weighted by Crippen LogP contribution is -2.26. The van der Waals surface area contributed by atoms with E-state index in [1.807, 2.05) is 6.92 Å². The first-order valence-corrected chi connectivity index (χ1v) is 9.48. The van der Waals surface area contributed by atoms with Gasteiger partial charge in [0.05, 0.1) is 10.9 Å². The molecule has 0 aliphatic heterocycles. The molecule has 0 heterocycles. The van der Waals surface area contributed by atoms with E-state index in [0.29, 0.717) is 6.42 Å². The average Bonchev–Trinajstić information content (AvgIpc) is 2.52. The lowest BCUT2D eigenvalue weighted by Gasteiger charge is -2.15. The Kier molecular flexibility index (Phi) is 5.72. The van der Waals surface area contributed by atoms with Crippen molar-refractivity contribution in [3.05, 3.63) is 65.5 Å². The predicted octanol–water partition coefficient (Wildman–Crippen LogP) is 3.04. The van der Waals surface area contributed by atoms with E-state index in [1.165, 1.54) is 24.3 Å². The van der Waals surface area contributed by atoms with Gasteiger partial charge in [-0.15, -0.1) is 0 Å². The average molecular weight is 349 g/mol. The van der Waals surface area contributed by atoms with E-state index in [4.69, 9.17) is 0 Å². The highest BCUT2D eigenvalue weighted by Gasteiger charge is 2.12. The molecule has 0 fully saturated rings. The Morgan fingerprint density at radius 3 is 2.42 bits per heavy atom. The van der Waals surface area contributed by atoms with Crippen LogP contribution in [-0.2, 0) is 21.1 Å². The molecule has 0 spiro atoms. The van der Waals surface area contributed by atoms with Gasteiger partial charge in [0.25, 0.3) is 0 Å². The maximum absolute atomic E-state index is 13.1. The molecule has 0 bridgehead atoms. The fourth-order valence-corrected chi connectivity index (χ4v) is 2.98. The van der Waals surface area contributed by atoms with E-state index < -0.39 is 9.84 Å². The quantitative estimate of drug-likeness (QED) is 0.872. The zero-order valence-corrected chi connectivity index (χ0v) is 14.4. The summed E-state index contributed by atoms with van der Waals surface area (Å²) < 4.78 is 36.0. The van der Waals surface area contributed by atoms with Crippen LogP contribution in [0.4, 0.5) is 4.39 Å². The second-order valence-corrected chi connectivity index (χ2v) is 7.78. The Balaban J connectivity index is 1.91. The zero-order chi connectivity index (χ0) is 17.7. The Bertz CT molecular complexity index is 816. The fourth-order valence-electron chi connectivity index (χ4n) is 2.35. The van der Waals surface area contributed by atoms with E-state index in [-0.39, 0.29) is 29.1 Å². The second kappa shape index (κ2) is 7.57. The normalized spacial score (nSPS) is 12.6. The molecule has 24 heavy (non-hydrogen) atoms. The van der Waals surface area contributed by atoms with Crippen molar-refractivity contribution >= 4 is 15.7 Å². The van der Waals surface area contributed by atoms with Gasteiger partial charge in [0.1, 0.15) is 5.82 Å². The molecule has 6 heteroatoms. The number of hydrogen-bond donors (Lipinski definition) is 1. The van der Waals surface area contributed by atoms with Crippen molar-refractivity contribution in [1.29, 1.82) is 0 Å². The predicted molar refractivity (Wildman–Crippen MR) is 90.8 cm³/mol. The third-order valence-corrected chi connectivity index (χ3v) is 4.84. The summed E-state index contributed by atoms with van der Waals surface area (Å²) in [5, 5.41) is 2.86. The van der Waals surface area contributed by atoms with Gasteiger partial charge in [-0.3, -0.25) is 4.79 Å².